The number of rotatable bonds is 6. The Bertz CT molecular complexity index is 994. The van der Waals surface area contributed by atoms with Gasteiger partial charge in [-0.3, -0.25) is 0 Å². The molecule has 0 aromatic rings. The Kier molecular flexibility index (Phi) is 11.2. The highest BCUT2D eigenvalue weighted by atomic mass is 32.2. The number of hydrogen-bond acceptors (Lipinski definition) is 4. The molecule has 0 aromatic heterocycles. The van der Waals surface area contributed by atoms with E-state index in [1.807, 2.05) is 20.8 Å². The van der Waals surface area contributed by atoms with Gasteiger partial charge in [-0.25, -0.2) is 4.79 Å². The third-order valence-electron chi connectivity index (χ3n) is 6.32. The van der Waals surface area contributed by atoms with Gasteiger partial charge in [0.1, 0.15) is 5.60 Å². The SMILES string of the molecule is C=C1/C=C(C2=CCCN(C(=O)OC(C)(C)C)C(CC#N)CC2)\C(CCC)=C(\CC)CC=C=C1SC. The lowest BCUT2D eigenvalue weighted by Gasteiger charge is -2.34. The Morgan fingerprint density at radius 3 is 2.71 bits per heavy atom. The molecule has 1 atom stereocenters. The minimum Gasteiger partial charge on any atom is -0.444 e. The first kappa shape index (κ1) is 28.8. The van der Waals surface area contributed by atoms with Crippen molar-refractivity contribution in [2.45, 2.75) is 97.6 Å². The summed E-state index contributed by atoms with van der Waals surface area (Å²) in [5.74, 6) is 0. The summed E-state index contributed by atoms with van der Waals surface area (Å²) in [6, 6.07) is 2.13. The first-order chi connectivity index (χ1) is 16.6. The van der Waals surface area contributed by atoms with Gasteiger partial charge in [-0.15, -0.1) is 17.5 Å². The highest BCUT2D eigenvalue weighted by Crippen LogP contribution is 2.37. The van der Waals surface area contributed by atoms with Gasteiger partial charge in [-0.2, -0.15) is 5.26 Å². The van der Waals surface area contributed by atoms with Crippen LogP contribution in [-0.2, 0) is 4.74 Å². The summed E-state index contributed by atoms with van der Waals surface area (Å²) in [6.45, 7) is 15.0. The molecule has 2 aliphatic rings. The molecule has 0 bridgehead atoms. The van der Waals surface area contributed by atoms with Crippen LogP contribution in [-0.4, -0.2) is 35.4 Å². The smallest absolute Gasteiger partial charge is 0.410 e. The Morgan fingerprint density at radius 1 is 1.37 bits per heavy atom. The monoisotopic (exact) mass is 494 g/mol. The van der Waals surface area contributed by atoms with Crippen LogP contribution in [0.4, 0.5) is 4.79 Å². The van der Waals surface area contributed by atoms with Crippen molar-refractivity contribution < 1.29 is 9.53 Å². The fraction of sp³-hybridized carbons (Fsp3) is 0.567. The number of allylic oxidation sites excluding steroid dienone is 6. The molecule has 0 N–H and O–H groups in total. The van der Waals surface area contributed by atoms with Crippen LogP contribution in [0.5, 0.6) is 0 Å². The molecule has 0 saturated heterocycles. The van der Waals surface area contributed by atoms with Gasteiger partial charge in [0.2, 0.25) is 0 Å². The van der Waals surface area contributed by atoms with E-state index in [9.17, 15) is 10.1 Å². The molecular formula is C30H42N2O2S. The normalized spacial score (nSPS) is 23.5. The van der Waals surface area contributed by atoms with Gasteiger partial charge in [-0.05, 0) is 100.0 Å². The molecule has 0 saturated carbocycles. The number of thioether (sulfide) groups is 1. The molecule has 1 aliphatic heterocycles. The van der Waals surface area contributed by atoms with E-state index in [-0.39, 0.29) is 12.1 Å². The average molecular weight is 495 g/mol. The van der Waals surface area contributed by atoms with Gasteiger partial charge < -0.3 is 9.64 Å². The number of nitriles is 1. The maximum absolute atomic E-state index is 12.9. The minimum atomic E-state index is -0.562. The predicted octanol–water partition coefficient (Wildman–Crippen LogP) is 8.41. The van der Waals surface area contributed by atoms with Crippen LogP contribution in [0.2, 0.25) is 0 Å². The lowest BCUT2D eigenvalue weighted by molar-refractivity contribution is 0.0156. The number of amides is 1. The largest absolute Gasteiger partial charge is 0.444 e. The molecule has 2 rings (SSSR count). The van der Waals surface area contributed by atoms with E-state index in [1.54, 1.807) is 16.7 Å². The van der Waals surface area contributed by atoms with Crippen LogP contribution in [0, 0.1) is 11.3 Å². The van der Waals surface area contributed by atoms with Crippen LogP contribution < -0.4 is 0 Å². The maximum Gasteiger partial charge on any atom is 0.410 e. The molecule has 4 nitrogen and oxygen atoms in total. The van der Waals surface area contributed by atoms with Gasteiger partial charge >= 0.3 is 6.09 Å². The summed E-state index contributed by atoms with van der Waals surface area (Å²) in [5.41, 5.74) is 9.33. The molecule has 0 spiro atoms. The average Bonchev–Trinajstić information content (AvgIpc) is 2.83. The Hall–Kier alpha value is -2.41. The topological polar surface area (TPSA) is 53.3 Å². The van der Waals surface area contributed by atoms with Crippen molar-refractivity contribution in [1.82, 2.24) is 4.90 Å². The predicted molar refractivity (Wildman–Crippen MR) is 148 cm³/mol. The van der Waals surface area contributed by atoms with Crippen molar-refractivity contribution in [2.24, 2.45) is 0 Å². The maximum atomic E-state index is 12.9. The zero-order chi connectivity index (χ0) is 26.0. The van der Waals surface area contributed by atoms with Crippen molar-refractivity contribution in [1.29, 1.82) is 5.26 Å². The van der Waals surface area contributed by atoms with E-state index >= 15 is 0 Å². The summed E-state index contributed by atoms with van der Waals surface area (Å²) >= 11 is 1.68. The standard InChI is InChI=1S/C30H42N2O2S/c1-8-12-26-23(9-2)13-10-15-28(35-7)22(3)21-27(26)24-14-11-20-32(25(17-16-24)18-19-31)29(33)34-30(4,5)6/h10,14,21,25H,3,8-9,11-13,16-18,20H2,1-2,4-7H3/b24-14?,26-23-,27-21-. The Labute approximate surface area is 217 Å². The van der Waals surface area contributed by atoms with Crippen molar-refractivity contribution >= 4 is 17.9 Å². The summed E-state index contributed by atoms with van der Waals surface area (Å²) in [4.78, 5) is 15.8. The minimum absolute atomic E-state index is 0.161. The van der Waals surface area contributed by atoms with Crippen molar-refractivity contribution in [3.63, 3.8) is 0 Å². The Balaban J connectivity index is 2.50. The quantitative estimate of drug-likeness (QED) is 0.348. The van der Waals surface area contributed by atoms with E-state index < -0.39 is 5.60 Å². The van der Waals surface area contributed by atoms with Crippen molar-refractivity contribution in [3.8, 4) is 6.07 Å². The van der Waals surface area contributed by atoms with Crippen LogP contribution in [0.3, 0.4) is 0 Å². The second-order valence-corrected chi connectivity index (χ2v) is 10.9. The number of ether oxygens (including phenoxy) is 1. The third-order valence-corrected chi connectivity index (χ3v) is 7.11. The molecule has 5 heteroatoms. The van der Waals surface area contributed by atoms with Gasteiger partial charge in [-0.1, -0.05) is 38.5 Å². The molecular weight excluding hydrogens is 452 g/mol. The second kappa shape index (κ2) is 13.6. The molecule has 1 heterocycles. The van der Waals surface area contributed by atoms with Gasteiger partial charge in [0.15, 0.2) is 0 Å². The third kappa shape index (κ3) is 8.34. The fourth-order valence-corrected chi connectivity index (χ4v) is 5.18. The highest BCUT2D eigenvalue weighted by Gasteiger charge is 2.29. The van der Waals surface area contributed by atoms with E-state index in [0.717, 1.165) is 55.4 Å². The zero-order valence-corrected chi connectivity index (χ0v) is 23.3. The zero-order valence-electron chi connectivity index (χ0n) is 22.5. The molecule has 1 unspecified atom stereocenters. The molecule has 190 valence electrons. The molecule has 0 fully saturated rings. The molecule has 0 radical (unpaired) electrons. The van der Waals surface area contributed by atoms with Crippen LogP contribution in [0.1, 0.15) is 86.0 Å². The van der Waals surface area contributed by atoms with Crippen LogP contribution in [0.25, 0.3) is 0 Å². The van der Waals surface area contributed by atoms with Gasteiger partial charge in [0.05, 0.1) is 17.4 Å². The first-order valence-electron chi connectivity index (χ1n) is 12.8. The highest BCUT2D eigenvalue weighted by molar-refractivity contribution is 8.02. The second-order valence-electron chi connectivity index (χ2n) is 10.1. The van der Waals surface area contributed by atoms with Crippen LogP contribution in [0.15, 0.2) is 63.3 Å². The number of carbonyl (C=O) groups is 1. The summed E-state index contributed by atoms with van der Waals surface area (Å²) in [7, 11) is 0. The number of hydrogen-bond donors (Lipinski definition) is 0. The number of nitrogens with zero attached hydrogens (tertiary/aromatic N) is 2. The first-order valence-corrected chi connectivity index (χ1v) is 14.0. The lowest BCUT2D eigenvalue weighted by atomic mass is 9.84. The van der Waals surface area contributed by atoms with E-state index in [1.165, 1.54) is 22.3 Å². The van der Waals surface area contributed by atoms with Crippen molar-refractivity contribution in [2.75, 3.05) is 12.8 Å². The lowest BCUT2D eigenvalue weighted by Crippen LogP contribution is -2.44. The molecule has 0 aromatic carbocycles. The van der Waals surface area contributed by atoms with E-state index in [4.69, 9.17) is 4.74 Å². The summed E-state index contributed by atoms with van der Waals surface area (Å²) in [5, 5.41) is 9.51. The molecule has 1 amide bonds. The molecule has 35 heavy (non-hydrogen) atoms. The van der Waals surface area contributed by atoms with Crippen LogP contribution >= 0.6 is 11.8 Å². The Morgan fingerprint density at radius 2 is 2.11 bits per heavy atom. The summed E-state index contributed by atoms with van der Waals surface area (Å²) in [6.07, 6.45) is 15.0. The number of carbonyl (C=O) groups excluding carboxylic acids is 1. The van der Waals surface area contributed by atoms with Gasteiger partial charge in [0, 0.05) is 12.6 Å². The molecule has 1 aliphatic carbocycles. The van der Waals surface area contributed by atoms with E-state index in [2.05, 4.69) is 56.7 Å². The van der Waals surface area contributed by atoms with Crippen molar-refractivity contribution in [3.05, 3.63) is 63.3 Å². The van der Waals surface area contributed by atoms with E-state index in [0.29, 0.717) is 13.0 Å². The van der Waals surface area contributed by atoms with Gasteiger partial charge in [0.25, 0.3) is 0 Å². The summed E-state index contributed by atoms with van der Waals surface area (Å²) < 4.78 is 5.66. The fourth-order valence-electron chi connectivity index (χ4n) is 4.66.